The largest absolute Gasteiger partial charge is 0.381 e. The number of hydrogen-bond acceptors (Lipinski definition) is 2. The third-order valence-corrected chi connectivity index (χ3v) is 2.67. The van der Waals surface area contributed by atoms with Crippen LogP contribution in [0.1, 0.15) is 13.3 Å². The van der Waals surface area contributed by atoms with E-state index in [4.69, 9.17) is 11.6 Å². The first kappa shape index (κ1) is 10.4. The zero-order chi connectivity index (χ0) is 11.0. The van der Waals surface area contributed by atoms with Crippen LogP contribution in [0.25, 0.3) is 0 Å². The van der Waals surface area contributed by atoms with Crippen LogP contribution in [0.2, 0.25) is 5.02 Å². The van der Waals surface area contributed by atoms with Crippen LogP contribution in [0, 0.1) is 0 Å². The van der Waals surface area contributed by atoms with Gasteiger partial charge in [-0.3, -0.25) is 4.79 Å². The Hall–Kier alpha value is -1.16. The maximum absolute atomic E-state index is 11.5. The zero-order valence-corrected chi connectivity index (χ0v) is 9.48. The Labute approximate surface area is 94.6 Å². The fourth-order valence-electron chi connectivity index (χ4n) is 1.81. The summed E-state index contributed by atoms with van der Waals surface area (Å²) in [5, 5.41) is 6.80. The van der Waals surface area contributed by atoms with E-state index in [9.17, 15) is 4.79 Å². The number of carbonyl (C=O) groups is 1. The minimum absolute atomic E-state index is 0.0235. The van der Waals surface area contributed by atoms with Gasteiger partial charge < -0.3 is 10.6 Å². The normalized spacial score (nSPS) is 19.9. The summed E-state index contributed by atoms with van der Waals surface area (Å²) in [7, 11) is 1.97. The van der Waals surface area contributed by atoms with E-state index in [1.54, 1.807) is 6.07 Å². The predicted octanol–water partition coefficient (Wildman–Crippen LogP) is 0.741. The van der Waals surface area contributed by atoms with Gasteiger partial charge in [0, 0.05) is 17.5 Å². The lowest BCUT2D eigenvalue weighted by Gasteiger charge is -2.14. The SMILES string of the molecule is Bc1cc(Cl)cc2c1N[C@H](C)CC(=O)N2. The summed E-state index contributed by atoms with van der Waals surface area (Å²) in [6.45, 7) is 1.99. The second kappa shape index (κ2) is 3.78. The van der Waals surface area contributed by atoms with Crippen LogP contribution >= 0.6 is 11.6 Å². The van der Waals surface area contributed by atoms with Gasteiger partial charge >= 0.3 is 0 Å². The first-order valence-electron chi connectivity index (χ1n) is 4.93. The van der Waals surface area contributed by atoms with Gasteiger partial charge in [-0.2, -0.15) is 0 Å². The molecular formula is C10H12BClN2O. The second-order valence-electron chi connectivity index (χ2n) is 3.94. The molecule has 1 atom stereocenters. The fraction of sp³-hybridized carbons (Fsp3) is 0.300. The molecule has 0 radical (unpaired) electrons. The van der Waals surface area contributed by atoms with Crippen LogP contribution in [0.4, 0.5) is 11.4 Å². The van der Waals surface area contributed by atoms with E-state index in [0.717, 1.165) is 16.8 Å². The van der Waals surface area contributed by atoms with Gasteiger partial charge in [0.2, 0.25) is 5.91 Å². The summed E-state index contributed by atoms with van der Waals surface area (Å²) in [5.41, 5.74) is 2.79. The van der Waals surface area contributed by atoms with Gasteiger partial charge in [-0.15, -0.1) is 0 Å². The minimum atomic E-state index is 0.0235. The van der Waals surface area contributed by atoms with Crippen LogP contribution in [0.3, 0.4) is 0 Å². The molecule has 2 rings (SSSR count). The number of amides is 1. The third kappa shape index (κ3) is 2.10. The van der Waals surface area contributed by atoms with Gasteiger partial charge in [-0.05, 0) is 19.1 Å². The highest BCUT2D eigenvalue weighted by Crippen LogP contribution is 2.26. The quantitative estimate of drug-likeness (QED) is 0.636. The van der Waals surface area contributed by atoms with Crippen molar-refractivity contribution in [2.24, 2.45) is 0 Å². The van der Waals surface area contributed by atoms with Gasteiger partial charge in [0.05, 0.1) is 11.4 Å². The highest BCUT2D eigenvalue weighted by atomic mass is 35.5. The number of hydrogen-bond donors (Lipinski definition) is 2. The van der Waals surface area contributed by atoms with Crippen molar-refractivity contribution < 1.29 is 4.79 Å². The Bertz CT molecular complexity index is 422. The molecule has 1 aliphatic heterocycles. The third-order valence-electron chi connectivity index (χ3n) is 2.46. The van der Waals surface area contributed by atoms with Crippen molar-refractivity contribution in [2.75, 3.05) is 10.6 Å². The number of halogens is 1. The van der Waals surface area contributed by atoms with E-state index in [1.165, 1.54) is 0 Å². The number of anilines is 2. The van der Waals surface area contributed by atoms with E-state index in [2.05, 4.69) is 10.6 Å². The average molecular weight is 222 g/mol. The van der Waals surface area contributed by atoms with Gasteiger partial charge in [0.1, 0.15) is 7.85 Å². The summed E-state index contributed by atoms with van der Waals surface area (Å²) in [4.78, 5) is 11.5. The van der Waals surface area contributed by atoms with Crippen LogP contribution in [-0.4, -0.2) is 19.8 Å². The van der Waals surface area contributed by atoms with Crippen LogP contribution in [0.5, 0.6) is 0 Å². The summed E-state index contributed by atoms with van der Waals surface area (Å²) in [6, 6.07) is 3.80. The maximum Gasteiger partial charge on any atom is 0.226 e. The highest BCUT2D eigenvalue weighted by Gasteiger charge is 2.18. The van der Waals surface area contributed by atoms with Crippen LogP contribution in [0.15, 0.2) is 12.1 Å². The Kier molecular flexibility index (Phi) is 2.61. The molecule has 15 heavy (non-hydrogen) atoms. The minimum Gasteiger partial charge on any atom is -0.381 e. The molecule has 0 aliphatic carbocycles. The van der Waals surface area contributed by atoms with E-state index in [1.807, 2.05) is 20.8 Å². The van der Waals surface area contributed by atoms with Gasteiger partial charge in [-0.1, -0.05) is 17.1 Å². The molecule has 78 valence electrons. The number of benzene rings is 1. The molecule has 2 N–H and O–H groups in total. The first-order chi connectivity index (χ1) is 7.06. The van der Waals surface area contributed by atoms with Crippen molar-refractivity contribution >= 4 is 42.2 Å². The molecule has 0 spiro atoms. The molecule has 5 heteroatoms. The summed E-state index contributed by atoms with van der Waals surface area (Å²) >= 11 is 5.94. The molecule has 0 saturated heterocycles. The van der Waals surface area contributed by atoms with Crippen molar-refractivity contribution in [3.63, 3.8) is 0 Å². The Morgan fingerprint density at radius 1 is 1.53 bits per heavy atom. The summed E-state index contributed by atoms with van der Waals surface area (Å²) < 4.78 is 0. The number of nitrogens with one attached hydrogen (secondary N) is 2. The monoisotopic (exact) mass is 222 g/mol. The van der Waals surface area contributed by atoms with E-state index in [-0.39, 0.29) is 11.9 Å². The molecular weight excluding hydrogens is 210 g/mol. The predicted molar refractivity (Wildman–Crippen MR) is 66.0 cm³/mol. The summed E-state index contributed by atoms with van der Waals surface area (Å²) in [5.74, 6) is 0.0235. The standard InChI is InChI=1S/C10H12BClN2O/c1-5-2-9(15)14-8-4-6(12)3-7(11)10(8)13-5/h3-5,13H,2,11H2,1H3,(H,14,15)/t5-/m1/s1. The first-order valence-corrected chi connectivity index (χ1v) is 5.30. The Morgan fingerprint density at radius 3 is 3.00 bits per heavy atom. The molecule has 0 fully saturated rings. The van der Waals surface area contributed by atoms with Gasteiger partial charge in [0.25, 0.3) is 0 Å². The van der Waals surface area contributed by atoms with Gasteiger partial charge in [-0.25, -0.2) is 0 Å². The van der Waals surface area contributed by atoms with Crippen molar-refractivity contribution in [1.29, 1.82) is 0 Å². The van der Waals surface area contributed by atoms with Crippen LogP contribution in [-0.2, 0) is 4.79 Å². The lowest BCUT2D eigenvalue weighted by molar-refractivity contribution is -0.116. The number of rotatable bonds is 0. The lowest BCUT2D eigenvalue weighted by Crippen LogP contribution is -2.21. The van der Waals surface area contributed by atoms with E-state index >= 15 is 0 Å². The molecule has 1 aliphatic rings. The molecule has 1 aromatic rings. The lowest BCUT2D eigenvalue weighted by atomic mass is 9.93. The molecule has 0 aromatic heterocycles. The second-order valence-corrected chi connectivity index (χ2v) is 4.38. The molecule has 0 unspecified atom stereocenters. The fourth-order valence-corrected chi connectivity index (χ4v) is 2.08. The molecule has 3 nitrogen and oxygen atoms in total. The number of fused-ring (bicyclic) bond motifs is 1. The van der Waals surface area contributed by atoms with Crippen molar-refractivity contribution in [3.05, 3.63) is 17.2 Å². The molecule has 0 saturated carbocycles. The average Bonchev–Trinajstić information content (AvgIpc) is 2.22. The van der Waals surface area contributed by atoms with Crippen molar-refractivity contribution in [1.82, 2.24) is 0 Å². The number of carbonyl (C=O) groups excluding carboxylic acids is 1. The van der Waals surface area contributed by atoms with E-state index in [0.29, 0.717) is 11.4 Å². The van der Waals surface area contributed by atoms with Crippen molar-refractivity contribution in [3.8, 4) is 0 Å². The molecule has 0 bridgehead atoms. The molecule has 1 amide bonds. The Morgan fingerprint density at radius 2 is 2.27 bits per heavy atom. The summed E-state index contributed by atoms with van der Waals surface area (Å²) in [6.07, 6.45) is 0.478. The highest BCUT2D eigenvalue weighted by molar-refractivity contribution is 6.40. The zero-order valence-electron chi connectivity index (χ0n) is 8.73. The Balaban J connectivity index is 2.50. The van der Waals surface area contributed by atoms with Crippen LogP contribution < -0.4 is 16.1 Å². The van der Waals surface area contributed by atoms with E-state index < -0.39 is 0 Å². The molecule has 1 aromatic carbocycles. The van der Waals surface area contributed by atoms with Crippen molar-refractivity contribution in [2.45, 2.75) is 19.4 Å². The topological polar surface area (TPSA) is 41.1 Å². The molecule has 1 heterocycles. The van der Waals surface area contributed by atoms with Gasteiger partial charge in [0.15, 0.2) is 0 Å². The maximum atomic E-state index is 11.5. The smallest absolute Gasteiger partial charge is 0.226 e.